The van der Waals surface area contributed by atoms with E-state index in [9.17, 15) is 4.79 Å². The monoisotopic (exact) mass is 323 g/mol. The molecule has 1 aliphatic heterocycles. The summed E-state index contributed by atoms with van der Waals surface area (Å²) in [5, 5.41) is 3.19. The van der Waals surface area contributed by atoms with Crippen LogP contribution in [0.5, 0.6) is 11.5 Å². The number of carbonyl (C=O) groups excluding carboxylic acids is 1. The Morgan fingerprint density at radius 1 is 1.08 bits per heavy atom. The summed E-state index contributed by atoms with van der Waals surface area (Å²) in [6.07, 6.45) is 2.92. The van der Waals surface area contributed by atoms with Crippen LogP contribution in [0.25, 0.3) is 0 Å². The van der Waals surface area contributed by atoms with E-state index in [1.807, 2.05) is 43.3 Å². The van der Waals surface area contributed by atoms with Crippen LogP contribution in [0.4, 0.5) is 0 Å². The number of rotatable bonds is 4. The van der Waals surface area contributed by atoms with E-state index in [2.05, 4.69) is 17.4 Å². The highest BCUT2D eigenvalue weighted by Crippen LogP contribution is 2.44. The van der Waals surface area contributed by atoms with E-state index in [4.69, 9.17) is 9.47 Å². The standard InChI is InChI=1S/C20H21NO3/c1-14(15-8-9-17-18(12-15)24-13-23-17)21-19(22)20(10-5-11-20)16-6-3-2-4-7-16/h2-4,6-9,12,14H,5,10-11,13H2,1H3,(H,21,22)/t14-/m1/s1. The predicted molar refractivity (Wildman–Crippen MR) is 91.1 cm³/mol. The van der Waals surface area contributed by atoms with Crippen LogP contribution in [0.15, 0.2) is 48.5 Å². The molecule has 1 N–H and O–H groups in total. The third kappa shape index (κ3) is 2.42. The van der Waals surface area contributed by atoms with Crippen molar-refractivity contribution in [3.63, 3.8) is 0 Å². The molecule has 0 unspecified atom stereocenters. The van der Waals surface area contributed by atoms with Crippen LogP contribution in [-0.4, -0.2) is 12.7 Å². The smallest absolute Gasteiger partial charge is 0.231 e. The molecule has 124 valence electrons. The van der Waals surface area contributed by atoms with Gasteiger partial charge in [0.05, 0.1) is 11.5 Å². The first kappa shape index (κ1) is 15.1. The SMILES string of the molecule is C[C@@H](NC(=O)C1(c2ccccc2)CCC1)c1ccc2c(c1)OCO2. The molecule has 0 aromatic heterocycles. The average Bonchev–Trinajstić information content (AvgIpc) is 3.02. The lowest BCUT2D eigenvalue weighted by atomic mass is 9.63. The highest BCUT2D eigenvalue weighted by atomic mass is 16.7. The van der Waals surface area contributed by atoms with Gasteiger partial charge in [0.1, 0.15) is 0 Å². The average molecular weight is 323 g/mol. The number of hydrogen-bond donors (Lipinski definition) is 1. The maximum atomic E-state index is 13.0. The number of benzene rings is 2. The van der Waals surface area contributed by atoms with Crippen LogP contribution in [0.2, 0.25) is 0 Å². The van der Waals surface area contributed by atoms with Crippen molar-refractivity contribution in [3.8, 4) is 11.5 Å². The molecule has 2 aliphatic rings. The second-order valence-corrected chi connectivity index (χ2v) is 6.61. The Labute approximate surface area is 141 Å². The lowest BCUT2D eigenvalue weighted by molar-refractivity contribution is -0.130. The highest BCUT2D eigenvalue weighted by Gasteiger charge is 2.45. The number of carbonyl (C=O) groups is 1. The van der Waals surface area contributed by atoms with Gasteiger partial charge in [0, 0.05) is 0 Å². The third-order valence-electron chi connectivity index (χ3n) is 5.21. The number of hydrogen-bond acceptors (Lipinski definition) is 3. The zero-order valence-corrected chi connectivity index (χ0v) is 13.7. The van der Waals surface area contributed by atoms with E-state index in [1.165, 1.54) is 0 Å². The van der Waals surface area contributed by atoms with Crippen molar-refractivity contribution in [3.05, 3.63) is 59.7 Å². The van der Waals surface area contributed by atoms with Gasteiger partial charge in [-0.2, -0.15) is 0 Å². The van der Waals surface area contributed by atoms with Crippen molar-refractivity contribution in [2.24, 2.45) is 0 Å². The van der Waals surface area contributed by atoms with Crippen LogP contribution >= 0.6 is 0 Å². The van der Waals surface area contributed by atoms with Crippen molar-refractivity contribution in [2.45, 2.75) is 37.6 Å². The molecule has 1 fully saturated rings. The Balaban J connectivity index is 1.53. The summed E-state index contributed by atoms with van der Waals surface area (Å²) in [5.74, 6) is 1.62. The summed E-state index contributed by atoms with van der Waals surface area (Å²) < 4.78 is 10.8. The lowest BCUT2D eigenvalue weighted by Crippen LogP contribution is -2.49. The fourth-order valence-corrected chi connectivity index (χ4v) is 3.53. The van der Waals surface area contributed by atoms with E-state index in [0.29, 0.717) is 0 Å². The Morgan fingerprint density at radius 2 is 1.83 bits per heavy atom. The Kier molecular flexibility index (Phi) is 3.68. The van der Waals surface area contributed by atoms with Gasteiger partial charge < -0.3 is 14.8 Å². The summed E-state index contributed by atoms with van der Waals surface area (Å²) in [6, 6.07) is 15.9. The molecule has 1 amide bonds. The first-order chi connectivity index (χ1) is 11.7. The van der Waals surface area contributed by atoms with Crippen molar-refractivity contribution >= 4 is 5.91 Å². The van der Waals surface area contributed by atoms with Crippen molar-refractivity contribution in [1.82, 2.24) is 5.32 Å². The zero-order chi connectivity index (χ0) is 16.6. The Bertz CT molecular complexity index is 753. The number of ether oxygens (including phenoxy) is 2. The minimum absolute atomic E-state index is 0.0758. The van der Waals surface area contributed by atoms with Crippen LogP contribution in [-0.2, 0) is 10.2 Å². The van der Waals surface area contributed by atoms with Gasteiger partial charge >= 0.3 is 0 Å². The summed E-state index contributed by atoms with van der Waals surface area (Å²) in [7, 11) is 0. The third-order valence-corrected chi connectivity index (χ3v) is 5.21. The van der Waals surface area contributed by atoms with Gasteiger partial charge in [-0.3, -0.25) is 4.79 Å². The van der Waals surface area contributed by atoms with Crippen molar-refractivity contribution < 1.29 is 14.3 Å². The molecule has 0 spiro atoms. The van der Waals surface area contributed by atoms with Gasteiger partial charge in [-0.05, 0) is 43.0 Å². The molecule has 1 saturated carbocycles. The van der Waals surface area contributed by atoms with Gasteiger partial charge in [0.25, 0.3) is 0 Å². The molecule has 2 aromatic rings. The van der Waals surface area contributed by atoms with Crippen LogP contribution in [0.1, 0.15) is 43.4 Å². The molecule has 1 aliphatic carbocycles. The quantitative estimate of drug-likeness (QED) is 0.933. The molecule has 0 saturated heterocycles. The lowest BCUT2D eigenvalue weighted by Gasteiger charge is -2.41. The van der Waals surface area contributed by atoms with Crippen molar-refractivity contribution in [1.29, 1.82) is 0 Å². The van der Waals surface area contributed by atoms with Crippen molar-refractivity contribution in [2.75, 3.05) is 6.79 Å². The fraction of sp³-hybridized carbons (Fsp3) is 0.350. The number of fused-ring (bicyclic) bond motifs is 1. The van der Waals surface area contributed by atoms with E-state index in [0.717, 1.165) is 41.9 Å². The highest BCUT2D eigenvalue weighted by molar-refractivity contribution is 5.89. The van der Waals surface area contributed by atoms with Gasteiger partial charge in [0.15, 0.2) is 11.5 Å². The molecule has 2 aromatic carbocycles. The maximum absolute atomic E-state index is 13.0. The van der Waals surface area contributed by atoms with E-state index in [-0.39, 0.29) is 24.2 Å². The van der Waals surface area contributed by atoms with Gasteiger partial charge in [0.2, 0.25) is 12.7 Å². The molecule has 0 radical (unpaired) electrons. The molecule has 4 nitrogen and oxygen atoms in total. The maximum Gasteiger partial charge on any atom is 0.231 e. The summed E-state index contributed by atoms with van der Waals surface area (Å²) >= 11 is 0. The minimum atomic E-state index is -0.369. The Hall–Kier alpha value is -2.49. The van der Waals surface area contributed by atoms with Gasteiger partial charge in [-0.15, -0.1) is 0 Å². The summed E-state index contributed by atoms with van der Waals surface area (Å²) in [4.78, 5) is 13.0. The number of amides is 1. The van der Waals surface area contributed by atoms with Crippen LogP contribution in [0, 0.1) is 0 Å². The van der Waals surface area contributed by atoms with Gasteiger partial charge in [-0.25, -0.2) is 0 Å². The molecule has 0 bridgehead atoms. The van der Waals surface area contributed by atoms with E-state index < -0.39 is 0 Å². The number of nitrogens with one attached hydrogen (secondary N) is 1. The minimum Gasteiger partial charge on any atom is -0.454 e. The van der Waals surface area contributed by atoms with E-state index >= 15 is 0 Å². The zero-order valence-electron chi connectivity index (χ0n) is 13.7. The summed E-state index contributed by atoms with van der Waals surface area (Å²) in [5.41, 5.74) is 1.77. The van der Waals surface area contributed by atoms with Gasteiger partial charge in [-0.1, -0.05) is 42.8 Å². The molecule has 4 rings (SSSR count). The molecular weight excluding hydrogens is 302 g/mol. The molecule has 1 heterocycles. The molecule has 1 atom stereocenters. The normalized spacial score (nSPS) is 18.5. The first-order valence-electron chi connectivity index (χ1n) is 8.45. The second-order valence-electron chi connectivity index (χ2n) is 6.61. The Morgan fingerprint density at radius 3 is 2.54 bits per heavy atom. The largest absolute Gasteiger partial charge is 0.454 e. The van der Waals surface area contributed by atoms with Crippen LogP contribution < -0.4 is 14.8 Å². The summed E-state index contributed by atoms with van der Waals surface area (Å²) in [6.45, 7) is 2.27. The van der Waals surface area contributed by atoms with Crippen LogP contribution in [0.3, 0.4) is 0 Å². The first-order valence-corrected chi connectivity index (χ1v) is 8.45. The fourth-order valence-electron chi connectivity index (χ4n) is 3.53. The molecule has 24 heavy (non-hydrogen) atoms. The molecular formula is C20H21NO3. The van der Waals surface area contributed by atoms with E-state index in [1.54, 1.807) is 0 Å². The second kappa shape index (κ2) is 5.86. The predicted octanol–water partition coefficient (Wildman–Crippen LogP) is 3.71. The molecule has 4 heteroatoms. The topological polar surface area (TPSA) is 47.6 Å².